The third-order valence-electron chi connectivity index (χ3n) is 4.57. The van der Waals surface area contributed by atoms with Gasteiger partial charge in [0.15, 0.2) is 11.7 Å². The lowest BCUT2D eigenvalue weighted by Gasteiger charge is -2.22. The largest absolute Gasteiger partial charge is 0.494 e. The van der Waals surface area contributed by atoms with Gasteiger partial charge in [-0.05, 0) is 57.3 Å². The number of methoxy groups -OCH3 is 1. The average molecular weight is 414 g/mol. The first kappa shape index (κ1) is 21.1. The minimum Gasteiger partial charge on any atom is -0.494 e. The van der Waals surface area contributed by atoms with Gasteiger partial charge in [0, 0.05) is 13.1 Å². The van der Waals surface area contributed by atoms with E-state index in [1.807, 2.05) is 69.2 Å². The maximum Gasteiger partial charge on any atom is 0.266 e. The van der Waals surface area contributed by atoms with Gasteiger partial charge in [0.25, 0.3) is 5.91 Å². The monoisotopic (exact) mass is 413 g/mol. The van der Waals surface area contributed by atoms with Crippen LogP contribution in [0.5, 0.6) is 11.5 Å². The van der Waals surface area contributed by atoms with Gasteiger partial charge in [-0.3, -0.25) is 9.69 Å². The van der Waals surface area contributed by atoms with Crippen molar-refractivity contribution in [3.8, 4) is 11.5 Å². The Morgan fingerprint density at radius 1 is 1.14 bits per heavy atom. The number of aryl methyl sites for hydroxylation is 2. The molecule has 0 N–H and O–H groups in total. The lowest BCUT2D eigenvalue weighted by Crippen LogP contribution is -2.39. The summed E-state index contributed by atoms with van der Waals surface area (Å²) in [5, 5.41) is 0.660. The van der Waals surface area contributed by atoms with Crippen LogP contribution in [-0.2, 0) is 4.79 Å². The second-order valence-electron chi connectivity index (χ2n) is 7.21. The number of aromatic nitrogens is 1. The lowest BCUT2D eigenvalue weighted by molar-refractivity contribution is -0.120. The molecule has 0 aliphatic rings. The van der Waals surface area contributed by atoms with Crippen LogP contribution in [0.3, 0.4) is 0 Å². The second kappa shape index (κ2) is 9.24. The fraction of sp³-hybridized carbons (Fsp3) is 0.364. The number of ether oxygens (including phenoxy) is 2. The number of anilines is 1. The molecule has 0 saturated heterocycles. The van der Waals surface area contributed by atoms with E-state index in [0.29, 0.717) is 23.2 Å². The summed E-state index contributed by atoms with van der Waals surface area (Å²) in [6.45, 7) is 5.25. The Bertz CT molecular complexity index is 1000. The minimum absolute atomic E-state index is 0.0388. The first-order valence-corrected chi connectivity index (χ1v) is 10.3. The molecule has 0 fully saturated rings. The van der Waals surface area contributed by atoms with Crippen LogP contribution in [-0.4, -0.2) is 56.7 Å². The Morgan fingerprint density at radius 3 is 2.62 bits per heavy atom. The SMILES string of the molecule is COc1ccc(C)c2sc(N(CCN(C)C)C(=O)COc3cccc(C)c3)nc12. The number of amides is 1. The van der Waals surface area contributed by atoms with Gasteiger partial charge in [-0.1, -0.05) is 29.5 Å². The highest BCUT2D eigenvalue weighted by Crippen LogP contribution is 2.36. The molecule has 2 aromatic carbocycles. The number of rotatable bonds is 8. The molecule has 6 nitrogen and oxygen atoms in total. The highest BCUT2D eigenvalue weighted by atomic mass is 32.1. The molecule has 0 aliphatic heterocycles. The standard InChI is InChI=1S/C22H27N3O3S/c1-15-7-6-8-17(13-15)28-14-19(26)25(12-11-24(3)4)22-23-20-18(27-5)10-9-16(2)21(20)29-22/h6-10,13H,11-12,14H2,1-5H3. The van der Waals surface area contributed by atoms with Gasteiger partial charge in [0.05, 0.1) is 11.8 Å². The number of fused-ring (bicyclic) bond motifs is 1. The van der Waals surface area contributed by atoms with Crippen molar-refractivity contribution in [2.24, 2.45) is 0 Å². The van der Waals surface area contributed by atoms with Gasteiger partial charge >= 0.3 is 0 Å². The van der Waals surface area contributed by atoms with Gasteiger partial charge in [-0.25, -0.2) is 4.98 Å². The summed E-state index contributed by atoms with van der Waals surface area (Å²) in [6, 6.07) is 11.6. The van der Waals surface area contributed by atoms with E-state index in [-0.39, 0.29) is 12.5 Å². The van der Waals surface area contributed by atoms with Gasteiger partial charge in [0.1, 0.15) is 17.0 Å². The van der Waals surface area contributed by atoms with E-state index in [2.05, 4.69) is 0 Å². The Labute approximate surface area is 175 Å². The summed E-state index contributed by atoms with van der Waals surface area (Å²) < 4.78 is 12.2. The predicted octanol–water partition coefficient (Wildman–Crippen LogP) is 3.90. The molecule has 0 aliphatic carbocycles. The Hall–Kier alpha value is -2.64. The first-order chi connectivity index (χ1) is 13.9. The molecule has 0 radical (unpaired) electrons. The Kier molecular flexibility index (Phi) is 6.71. The zero-order chi connectivity index (χ0) is 21.0. The molecule has 0 bridgehead atoms. The summed E-state index contributed by atoms with van der Waals surface area (Å²) >= 11 is 1.51. The van der Waals surface area contributed by atoms with E-state index < -0.39 is 0 Å². The van der Waals surface area contributed by atoms with E-state index in [9.17, 15) is 4.79 Å². The lowest BCUT2D eigenvalue weighted by atomic mass is 10.2. The molecule has 29 heavy (non-hydrogen) atoms. The zero-order valence-corrected chi connectivity index (χ0v) is 18.4. The smallest absolute Gasteiger partial charge is 0.266 e. The minimum atomic E-state index is -0.121. The van der Waals surface area contributed by atoms with Crippen LogP contribution in [0.25, 0.3) is 10.2 Å². The summed E-state index contributed by atoms with van der Waals surface area (Å²) in [7, 11) is 5.60. The maximum atomic E-state index is 13.0. The van der Waals surface area contributed by atoms with Crippen molar-refractivity contribution in [2.75, 3.05) is 45.8 Å². The number of likely N-dealkylation sites (N-methyl/N-ethyl adjacent to an activating group) is 1. The summed E-state index contributed by atoms with van der Waals surface area (Å²) in [5.74, 6) is 1.28. The van der Waals surface area contributed by atoms with Crippen LogP contribution >= 0.6 is 11.3 Å². The number of benzene rings is 2. The van der Waals surface area contributed by atoms with Crippen molar-refractivity contribution in [1.82, 2.24) is 9.88 Å². The molecular formula is C22H27N3O3S. The van der Waals surface area contributed by atoms with Crippen molar-refractivity contribution < 1.29 is 14.3 Å². The molecule has 1 aromatic heterocycles. The Morgan fingerprint density at radius 2 is 1.93 bits per heavy atom. The Balaban J connectivity index is 1.87. The highest BCUT2D eigenvalue weighted by Gasteiger charge is 2.22. The van der Waals surface area contributed by atoms with E-state index in [4.69, 9.17) is 14.5 Å². The van der Waals surface area contributed by atoms with Crippen molar-refractivity contribution in [3.63, 3.8) is 0 Å². The van der Waals surface area contributed by atoms with Crippen molar-refractivity contribution in [3.05, 3.63) is 47.5 Å². The van der Waals surface area contributed by atoms with Crippen LogP contribution in [0.1, 0.15) is 11.1 Å². The number of carbonyl (C=O) groups excluding carboxylic acids is 1. The quantitative estimate of drug-likeness (QED) is 0.561. The summed E-state index contributed by atoms with van der Waals surface area (Å²) in [4.78, 5) is 21.5. The maximum absolute atomic E-state index is 13.0. The van der Waals surface area contributed by atoms with E-state index in [1.54, 1.807) is 12.0 Å². The van der Waals surface area contributed by atoms with Gasteiger partial charge in [-0.2, -0.15) is 0 Å². The average Bonchev–Trinajstić information content (AvgIpc) is 3.12. The van der Waals surface area contributed by atoms with Gasteiger partial charge in [0.2, 0.25) is 0 Å². The molecule has 0 spiro atoms. The molecule has 1 amide bonds. The van der Waals surface area contributed by atoms with E-state index in [1.165, 1.54) is 11.3 Å². The number of hydrogen-bond donors (Lipinski definition) is 0. The van der Waals surface area contributed by atoms with Crippen LogP contribution in [0, 0.1) is 13.8 Å². The molecule has 0 saturated carbocycles. The topological polar surface area (TPSA) is 54.9 Å². The predicted molar refractivity (Wildman–Crippen MR) is 118 cm³/mol. The van der Waals surface area contributed by atoms with Crippen LogP contribution in [0.4, 0.5) is 5.13 Å². The molecule has 3 aromatic rings. The molecular weight excluding hydrogens is 386 g/mol. The molecule has 0 unspecified atom stereocenters. The van der Waals surface area contributed by atoms with E-state index >= 15 is 0 Å². The first-order valence-electron chi connectivity index (χ1n) is 9.47. The van der Waals surface area contributed by atoms with Crippen molar-refractivity contribution in [1.29, 1.82) is 0 Å². The van der Waals surface area contributed by atoms with Crippen LogP contribution < -0.4 is 14.4 Å². The molecule has 1 heterocycles. The molecule has 7 heteroatoms. The zero-order valence-electron chi connectivity index (χ0n) is 17.6. The van der Waals surface area contributed by atoms with Gasteiger partial charge in [-0.15, -0.1) is 0 Å². The number of hydrogen-bond acceptors (Lipinski definition) is 6. The number of thiazole rings is 1. The highest BCUT2D eigenvalue weighted by molar-refractivity contribution is 7.22. The third-order valence-corrected chi connectivity index (χ3v) is 5.78. The van der Waals surface area contributed by atoms with E-state index in [0.717, 1.165) is 27.9 Å². The second-order valence-corrected chi connectivity index (χ2v) is 8.19. The van der Waals surface area contributed by atoms with Gasteiger partial charge < -0.3 is 14.4 Å². The molecule has 0 atom stereocenters. The fourth-order valence-electron chi connectivity index (χ4n) is 2.93. The van der Waals surface area contributed by atoms with Crippen LogP contribution in [0.15, 0.2) is 36.4 Å². The van der Waals surface area contributed by atoms with Crippen molar-refractivity contribution >= 4 is 32.6 Å². The summed E-state index contributed by atoms with van der Waals surface area (Å²) in [6.07, 6.45) is 0. The van der Waals surface area contributed by atoms with Crippen molar-refractivity contribution in [2.45, 2.75) is 13.8 Å². The normalized spacial score (nSPS) is 11.1. The fourth-order valence-corrected chi connectivity index (χ4v) is 4.03. The number of nitrogens with zero attached hydrogens (tertiary/aromatic N) is 3. The number of carbonyl (C=O) groups is 1. The third kappa shape index (κ3) is 5.05. The van der Waals surface area contributed by atoms with Crippen LogP contribution in [0.2, 0.25) is 0 Å². The molecule has 3 rings (SSSR count). The molecule has 154 valence electrons. The summed E-state index contributed by atoms with van der Waals surface area (Å²) in [5.41, 5.74) is 2.99.